The maximum atomic E-state index is 13.6. The zero-order valence-corrected chi connectivity index (χ0v) is 18.9. The Morgan fingerprint density at radius 2 is 1.90 bits per heavy atom. The number of hydrogen-bond donors (Lipinski definition) is 3. The second kappa shape index (κ2) is 8.46. The van der Waals surface area contributed by atoms with E-state index in [1.54, 1.807) is 11.9 Å². The van der Waals surface area contributed by atoms with Gasteiger partial charge in [0.2, 0.25) is 17.7 Å². The van der Waals surface area contributed by atoms with E-state index in [1.807, 2.05) is 27.7 Å². The Hall–Kier alpha value is -1.67. The van der Waals surface area contributed by atoms with E-state index in [4.69, 9.17) is 9.84 Å². The molecule has 0 saturated carbocycles. The van der Waals surface area contributed by atoms with Gasteiger partial charge in [-0.3, -0.25) is 14.4 Å². The van der Waals surface area contributed by atoms with Gasteiger partial charge in [0.05, 0.1) is 17.4 Å². The fraction of sp³-hybridized carbons (Fsp3) is 0.864. The molecular formula is C22H37N3O5. The molecule has 3 N–H and O–H groups in total. The lowest BCUT2D eigenvalue weighted by Crippen LogP contribution is -2.56. The maximum Gasteiger partial charge on any atom is 0.246 e. The maximum absolute atomic E-state index is 13.6. The van der Waals surface area contributed by atoms with Gasteiger partial charge in [-0.25, -0.2) is 0 Å². The van der Waals surface area contributed by atoms with Crippen LogP contribution in [-0.4, -0.2) is 71.2 Å². The van der Waals surface area contributed by atoms with Crippen LogP contribution in [0, 0.1) is 17.8 Å². The van der Waals surface area contributed by atoms with Crippen LogP contribution in [0.25, 0.3) is 0 Å². The SMILES string of the molecule is CNC(=O)[C@@H]1[C@H]2C(=O)N(CCCCCCO)C(C(=O)NC(C)C)C23CC(C)[C@@]1(C)O3. The van der Waals surface area contributed by atoms with Crippen LogP contribution in [0.15, 0.2) is 0 Å². The molecule has 3 aliphatic rings. The van der Waals surface area contributed by atoms with E-state index in [0.717, 1.165) is 25.7 Å². The third-order valence-electron chi connectivity index (χ3n) is 7.33. The van der Waals surface area contributed by atoms with Gasteiger partial charge in [-0.2, -0.15) is 0 Å². The Kier molecular flexibility index (Phi) is 6.49. The molecule has 0 aromatic carbocycles. The highest BCUT2D eigenvalue weighted by molar-refractivity contribution is 5.99. The molecule has 3 unspecified atom stereocenters. The van der Waals surface area contributed by atoms with Crippen molar-refractivity contribution in [1.82, 2.24) is 15.5 Å². The molecule has 0 aromatic heterocycles. The molecular weight excluding hydrogens is 386 g/mol. The summed E-state index contributed by atoms with van der Waals surface area (Å²) in [5.74, 6) is -1.73. The van der Waals surface area contributed by atoms with Crippen molar-refractivity contribution < 1.29 is 24.2 Å². The van der Waals surface area contributed by atoms with Crippen LogP contribution in [0.5, 0.6) is 0 Å². The number of amides is 3. The standard InChI is InChI=1S/C22H37N3O5/c1-13(2)24-19(28)17-22-12-14(3)21(4,30-22)15(18(27)23-5)16(22)20(29)25(17)10-8-6-7-9-11-26/h13-17,26H,6-12H2,1-5H3,(H,23,27)(H,24,28)/t14?,15-,16-,17?,21+,22?/m0/s1. The molecule has 0 aliphatic carbocycles. The monoisotopic (exact) mass is 423 g/mol. The number of aliphatic hydroxyl groups excluding tert-OH is 1. The minimum Gasteiger partial charge on any atom is -0.396 e. The van der Waals surface area contributed by atoms with Gasteiger partial charge < -0.3 is 25.4 Å². The molecule has 3 rings (SSSR count). The van der Waals surface area contributed by atoms with Gasteiger partial charge in [-0.15, -0.1) is 0 Å². The zero-order valence-electron chi connectivity index (χ0n) is 18.9. The molecule has 0 radical (unpaired) electrons. The minimum absolute atomic E-state index is 0.0581. The second-order valence-electron chi connectivity index (χ2n) is 9.65. The number of ether oxygens (including phenoxy) is 1. The average molecular weight is 424 g/mol. The van der Waals surface area contributed by atoms with Crippen molar-refractivity contribution in [2.24, 2.45) is 17.8 Å². The topological polar surface area (TPSA) is 108 Å². The number of carbonyl (C=O) groups excluding carboxylic acids is 3. The number of unbranched alkanes of at least 4 members (excludes halogenated alkanes) is 3. The summed E-state index contributed by atoms with van der Waals surface area (Å²) < 4.78 is 6.56. The molecule has 8 heteroatoms. The van der Waals surface area contributed by atoms with Crippen molar-refractivity contribution in [3.05, 3.63) is 0 Å². The highest BCUT2D eigenvalue weighted by Crippen LogP contribution is 2.65. The molecule has 3 aliphatic heterocycles. The van der Waals surface area contributed by atoms with Gasteiger partial charge in [-0.05, 0) is 46.0 Å². The molecule has 30 heavy (non-hydrogen) atoms. The van der Waals surface area contributed by atoms with Gasteiger partial charge >= 0.3 is 0 Å². The van der Waals surface area contributed by atoms with Crippen molar-refractivity contribution in [3.8, 4) is 0 Å². The number of nitrogens with zero attached hydrogens (tertiary/aromatic N) is 1. The first-order chi connectivity index (χ1) is 14.1. The highest BCUT2D eigenvalue weighted by atomic mass is 16.5. The number of hydrogen-bond acceptors (Lipinski definition) is 5. The summed E-state index contributed by atoms with van der Waals surface area (Å²) in [6.07, 6.45) is 3.81. The summed E-state index contributed by atoms with van der Waals surface area (Å²) in [5, 5.41) is 14.7. The molecule has 1 spiro atoms. The summed E-state index contributed by atoms with van der Waals surface area (Å²) in [6.45, 7) is 8.36. The van der Waals surface area contributed by atoms with Gasteiger partial charge in [0.15, 0.2) is 0 Å². The van der Waals surface area contributed by atoms with Crippen LogP contribution in [0.2, 0.25) is 0 Å². The molecule has 2 bridgehead atoms. The Balaban J connectivity index is 1.95. The van der Waals surface area contributed by atoms with Crippen LogP contribution in [-0.2, 0) is 19.1 Å². The van der Waals surface area contributed by atoms with Crippen molar-refractivity contribution in [2.45, 2.75) is 83.1 Å². The molecule has 3 saturated heterocycles. The van der Waals surface area contributed by atoms with E-state index < -0.39 is 29.1 Å². The highest BCUT2D eigenvalue weighted by Gasteiger charge is 2.79. The van der Waals surface area contributed by atoms with Crippen LogP contribution in [0.4, 0.5) is 0 Å². The quantitative estimate of drug-likeness (QED) is 0.476. The first-order valence-electron chi connectivity index (χ1n) is 11.3. The smallest absolute Gasteiger partial charge is 0.246 e. The Morgan fingerprint density at radius 3 is 2.50 bits per heavy atom. The van der Waals surface area contributed by atoms with Gasteiger partial charge in [-0.1, -0.05) is 19.8 Å². The van der Waals surface area contributed by atoms with E-state index in [0.29, 0.717) is 13.0 Å². The number of nitrogens with one attached hydrogen (secondary N) is 2. The molecule has 3 heterocycles. The lowest BCUT2D eigenvalue weighted by atomic mass is 9.62. The van der Waals surface area contributed by atoms with Crippen LogP contribution in [0.3, 0.4) is 0 Å². The predicted octanol–water partition coefficient (Wildman–Crippen LogP) is 0.820. The summed E-state index contributed by atoms with van der Waals surface area (Å²) >= 11 is 0. The Bertz CT molecular complexity index is 698. The van der Waals surface area contributed by atoms with Crippen molar-refractivity contribution >= 4 is 17.7 Å². The van der Waals surface area contributed by atoms with E-state index in [1.165, 1.54) is 0 Å². The van der Waals surface area contributed by atoms with Crippen LogP contribution >= 0.6 is 0 Å². The number of aliphatic hydroxyl groups is 1. The first kappa shape index (κ1) is 23.0. The van der Waals surface area contributed by atoms with E-state index in [9.17, 15) is 14.4 Å². The summed E-state index contributed by atoms with van der Waals surface area (Å²) in [6, 6.07) is -0.787. The lowest BCUT2D eigenvalue weighted by Gasteiger charge is -2.36. The van der Waals surface area contributed by atoms with E-state index in [2.05, 4.69) is 10.6 Å². The number of likely N-dealkylation sites (tertiary alicyclic amines) is 1. The number of rotatable bonds is 9. The van der Waals surface area contributed by atoms with Gasteiger partial charge in [0, 0.05) is 26.2 Å². The zero-order chi connectivity index (χ0) is 22.3. The Labute approximate surface area is 179 Å². The van der Waals surface area contributed by atoms with E-state index in [-0.39, 0.29) is 36.3 Å². The average Bonchev–Trinajstić information content (AvgIpc) is 3.18. The molecule has 6 atom stereocenters. The number of carbonyl (C=O) groups is 3. The molecule has 0 aromatic rings. The molecule has 3 fully saturated rings. The molecule has 170 valence electrons. The van der Waals surface area contributed by atoms with Crippen LogP contribution < -0.4 is 10.6 Å². The Morgan fingerprint density at radius 1 is 1.23 bits per heavy atom. The van der Waals surface area contributed by atoms with Crippen molar-refractivity contribution in [1.29, 1.82) is 0 Å². The first-order valence-corrected chi connectivity index (χ1v) is 11.3. The molecule has 8 nitrogen and oxygen atoms in total. The van der Waals surface area contributed by atoms with E-state index >= 15 is 0 Å². The second-order valence-corrected chi connectivity index (χ2v) is 9.65. The van der Waals surface area contributed by atoms with Crippen LogP contribution in [0.1, 0.15) is 59.8 Å². The van der Waals surface area contributed by atoms with Crippen molar-refractivity contribution in [2.75, 3.05) is 20.2 Å². The predicted molar refractivity (Wildman–Crippen MR) is 111 cm³/mol. The van der Waals surface area contributed by atoms with Crippen molar-refractivity contribution in [3.63, 3.8) is 0 Å². The third-order valence-corrected chi connectivity index (χ3v) is 7.33. The minimum atomic E-state index is -0.966. The summed E-state index contributed by atoms with van der Waals surface area (Å²) in [5.41, 5.74) is -1.73. The van der Waals surface area contributed by atoms with Gasteiger partial charge in [0.25, 0.3) is 0 Å². The molecule has 3 amide bonds. The summed E-state index contributed by atoms with van der Waals surface area (Å²) in [4.78, 5) is 41.4. The fourth-order valence-corrected chi connectivity index (χ4v) is 5.95. The fourth-order valence-electron chi connectivity index (χ4n) is 5.95. The largest absolute Gasteiger partial charge is 0.396 e. The normalized spacial score (nSPS) is 37.0. The third kappa shape index (κ3) is 3.42. The summed E-state index contributed by atoms with van der Waals surface area (Å²) in [7, 11) is 1.58. The van der Waals surface area contributed by atoms with Gasteiger partial charge in [0.1, 0.15) is 11.6 Å². The lowest BCUT2D eigenvalue weighted by molar-refractivity contribution is -0.147. The number of fused-ring (bicyclic) bond motifs is 1.